The molecule has 0 aromatic carbocycles. The van der Waals surface area contributed by atoms with Crippen LogP contribution < -0.4 is 53.2 Å². The van der Waals surface area contributed by atoms with Crippen LogP contribution in [0.4, 0.5) is 0 Å². The van der Waals surface area contributed by atoms with Gasteiger partial charge in [0.15, 0.2) is 0 Å². The monoisotopic (exact) mass is 1310 g/mol. The van der Waals surface area contributed by atoms with E-state index in [9.17, 15) is 112 Å². The molecule has 8 atom stereocenters. The first-order valence-corrected chi connectivity index (χ1v) is 30.1. The molecule has 0 unspecified atom stereocenters. The van der Waals surface area contributed by atoms with Crippen LogP contribution in [0.2, 0.25) is 0 Å². The zero-order chi connectivity index (χ0) is 68.5. The zero-order valence-corrected chi connectivity index (χ0v) is 51.3. The number of hydrogen-bond donors (Lipinski definition) is 15. The van der Waals surface area contributed by atoms with Crippen molar-refractivity contribution in [2.45, 2.75) is 152 Å². The van der Waals surface area contributed by atoms with Crippen LogP contribution in [0, 0.1) is 5.92 Å². The normalized spacial score (nSPS) is 15.7. The molecule has 1 fully saturated rings. The molecule has 506 valence electrons. The van der Waals surface area contributed by atoms with E-state index in [0.29, 0.717) is 11.3 Å². The molecule has 0 aliphatic carbocycles. The van der Waals surface area contributed by atoms with Crippen molar-refractivity contribution < 1.29 is 117 Å². The Morgan fingerprint density at radius 3 is 1.37 bits per heavy atom. The van der Waals surface area contributed by atoms with Gasteiger partial charge in [-0.2, -0.15) is 11.8 Å². The number of imide groups is 1. The number of carbonyl (C=O) groups excluding carboxylic acids is 13. The summed E-state index contributed by atoms with van der Waals surface area (Å²) in [7, 11) is 1.41. The molecule has 37 heteroatoms. The van der Waals surface area contributed by atoms with Crippen molar-refractivity contribution in [3.63, 3.8) is 0 Å². The summed E-state index contributed by atoms with van der Waals surface area (Å²) < 4.78 is 5.47. The number of aliphatic carboxylic acids is 5. The first-order chi connectivity index (χ1) is 42.9. The minimum Gasteiger partial charge on any atom is -0.481 e. The van der Waals surface area contributed by atoms with Crippen molar-refractivity contribution in [3.05, 3.63) is 12.2 Å². The summed E-state index contributed by atoms with van der Waals surface area (Å²) in [5.74, 6) is -19.1. The van der Waals surface area contributed by atoms with Gasteiger partial charge in [0.25, 0.3) is 11.8 Å². The van der Waals surface area contributed by atoms with E-state index in [1.807, 2.05) is 0 Å². The predicted molar refractivity (Wildman–Crippen MR) is 312 cm³/mol. The highest BCUT2D eigenvalue weighted by Crippen LogP contribution is 2.19. The van der Waals surface area contributed by atoms with Crippen LogP contribution in [0.15, 0.2) is 12.2 Å². The number of carboxylic acids is 5. The molecule has 91 heavy (non-hydrogen) atoms. The minimum atomic E-state index is -1.97. The van der Waals surface area contributed by atoms with Crippen molar-refractivity contribution >= 4 is 118 Å². The molecular formula is C54H80N12O24S. The van der Waals surface area contributed by atoms with Crippen LogP contribution in [0.25, 0.3) is 0 Å². The molecule has 0 bridgehead atoms. The predicted octanol–water partition coefficient (Wildman–Crippen LogP) is -5.59. The molecule has 0 aromatic rings. The maximum atomic E-state index is 13.9. The summed E-state index contributed by atoms with van der Waals surface area (Å²) in [6.07, 6.45) is -3.66. The number of rotatable bonds is 44. The van der Waals surface area contributed by atoms with E-state index in [2.05, 4.69) is 53.2 Å². The van der Waals surface area contributed by atoms with Crippen molar-refractivity contribution in [2.75, 3.05) is 58.4 Å². The number of hydrogen-bond acceptors (Lipinski definition) is 20. The van der Waals surface area contributed by atoms with Crippen LogP contribution >= 0.6 is 11.8 Å². The van der Waals surface area contributed by atoms with Crippen molar-refractivity contribution in [2.24, 2.45) is 5.92 Å². The number of likely N-dealkylation sites (tertiary alicyclic amines) is 1. The molecule has 2 rings (SSSR count). The Balaban J connectivity index is 2.20. The Labute approximate surface area is 525 Å². The van der Waals surface area contributed by atoms with Gasteiger partial charge in [0.05, 0.1) is 13.2 Å². The van der Waals surface area contributed by atoms with Gasteiger partial charge in [-0.15, -0.1) is 0 Å². The summed E-state index contributed by atoms with van der Waals surface area (Å²) in [6, 6.07) is -12.3. The first kappa shape index (κ1) is 77.8. The van der Waals surface area contributed by atoms with Crippen LogP contribution in [0.3, 0.4) is 0 Å². The Hall–Kier alpha value is -9.29. The quantitative estimate of drug-likeness (QED) is 0.0200. The lowest BCUT2D eigenvalue weighted by atomic mass is 10.0. The second-order valence-corrected chi connectivity index (χ2v) is 22.0. The van der Waals surface area contributed by atoms with Gasteiger partial charge >= 0.3 is 29.8 Å². The zero-order valence-electron chi connectivity index (χ0n) is 50.5. The fraction of sp³-hybridized carbons (Fsp3) is 0.630. The molecule has 15 N–H and O–H groups in total. The Kier molecular flexibility index (Phi) is 34.5. The largest absolute Gasteiger partial charge is 0.481 e. The highest BCUT2D eigenvalue weighted by atomic mass is 32.2. The van der Waals surface area contributed by atoms with E-state index < -0.39 is 245 Å². The molecule has 36 nitrogen and oxygen atoms in total. The van der Waals surface area contributed by atoms with Gasteiger partial charge < -0.3 is 88.3 Å². The average Bonchev–Trinajstić information content (AvgIpc) is 1.92. The van der Waals surface area contributed by atoms with Gasteiger partial charge in [-0.25, -0.2) is 0 Å². The highest BCUT2D eigenvalue weighted by molar-refractivity contribution is 7.98. The molecule has 0 saturated carbocycles. The maximum absolute atomic E-state index is 13.9. The van der Waals surface area contributed by atoms with Crippen LogP contribution in [-0.2, 0) is 91.0 Å². The van der Waals surface area contributed by atoms with Crippen molar-refractivity contribution in [1.82, 2.24) is 63.0 Å². The van der Waals surface area contributed by atoms with Crippen molar-refractivity contribution in [1.29, 1.82) is 0 Å². The van der Waals surface area contributed by atoms with E-state index >= 15 is 0 Å². The molecule has 2 heterocycles. The first-order valence-electron chi connectivity index (χ1n) is 28.7. The number of carbonyl (C=O) groups is 18. The van der Waals surface area contributed by atoms with Crippen molar-refractivity contribution in [3.8, 4) is 0 Å². The number of carboxylic acid groups (broad SMARTS) is 5. The lowest BCUT2D eigenvalue weighted by Gasteiger charge is -2.27. The number of thioether (sulfide) groups is 1. The Bertz CT molecular complexity index is 2710. The molecule has 1 saturated heterocycles. The number of nitrogens with zero attached hydrogens (tertiary/aromatic N) is 2. The molecule has 2 aliphatic rings. The Morgan fingerprint density at radius 1 is 0.538 bits per heavy atom. The summed E-state index contributed by atoms with van der Waals surface area (Å²) in [5.41, 5.74) is 0. The Morgan fingerprint density at radius 2 is 0.956 bits per heavy atom. The smallest absolute Gasteiger partial charge is 0.303 e. The third-order valence-corrected chi connectivity index (χ3v) is 14.2. The van der Waals surface area contributed by atoms with E-state index in [1.54, 1.807) is 20.1 Å². The summed E-state index contributed by atoms with van der Waals surface area (Å²) >= 11 is 1.32. The summed E-state index contributed by atoms with van der Waals surface area (Å²) in [6.45, 7) is 1.42. The van der Waals surface area contributed by atoms with Gasteiger partial charge in [-0.1, -0.05) is 13.8 Å². The second kappa shape index (κ2) is 40.4. The number of amides is 13. The molecule has 2 aliphatic heterocycles. The standard InChI is InChI=1S/C54H80N12O24S/c1-28(2)24-34(49(84)57-25-38(68)59-35(27-91-4)47(82)55-3)64-54(89)36-6-5-21-65(36)41(71)26-90-23-20-56-48(83)29(7-14-42(72)73)60-51(86)31(9-16-44(76)77)62-53(88)33(11-18-46(80)81)63-52(87)32(10-17-45(78)79)61-50(85)30(8-15-43(74)75)58-37(67)19-22-66-39(69)12-13-40(66)70/h12-13,28-36H,5-11,14-27H2,1-4H3,(H,55,82)(H,56,83)(H,57,84)(H,58,67)(H,59,68)(H,60,86)(H,61,85)(H,62,88)(H,63,87)(H,64,89)(H,72,73)(H,74,75)(H,76,77)(H,78,79)(H,80,81)/t29-,30-,31-,32-,33-,34+,35+,36+/m1/s1. The average molecular weight is 1310 g/mol. The molecule has 0 aromatic heterocycles. The molecular weight excluding hydrogens is 1230 g/mol. The van der Waals surface area contributed by atoms with E-state index in [4.69, 9.17) is 4.74 Å². The fourth-order valence-electron chi connectivity index (χ4n) is 8.88. The topological polar surface area (TPSA) is 544 Å². The van der Waals surface area contributed by atoms with Gasteiger partial charge in [-0.05, 0) is 63.5 Å². The third-order valence-electron chi connectivity index (χ3n) is 13.5. The summed E-state index contributed by atoms with van der Waals surface area (Å²) in [5, 5.41) is 70.7. The molecule has 0 spiro atoms. The van der Waals surface area contributed by atoms with Gasteiger partial charge in [0, 0.05) is 83.1 Å². The maximum Gasteiger partial charge on any atom is 0.303 e. The third kappa shape index (κ3) is 29.7. The second-order valence-electron chi connectivity index (χ2n) is 21.1. The van der Waals surface area contributed by atoms with Gasteiger partial charge in [-0.3, -0.25) is 91.2 Å². The lowest BCUT2D eigenvalue weighted by Crippen LogP contribution is -2.59. The number of ether oxygens (including phenoxy) is 1. The SMILES string of the molecule is CNC(=O)[C@H](CSC)NC(=O)CNC(=O)[C@H](CC(C)C)NC(=O)[C@@H]1CCCN1C(=O)COCCNC(=O)[C@@H](CCC(=O)O)NC(=O)[C@@H](CCC(=O)O)NC(=O)[C@@H](CCC(=O)O)NC(=O)[C@@H](CCC(=O)O)NC(=O)[C@@H](CCC(=O)O)NC(=O)CCN1C(=O)C=CC1=O. The lowest BCUT2D eigenvalue weighted by molar-refractivity contribution is -0.142. The fourth-order valence-corrected chi connectivity index (χ4v) is 9.45. The van der Waals surface area contributed by atoms with Gasteiger partial charge in [0.2, 0.25) is 65.0 Å². The van der Waals surface area contributed by atoms with Crippen LogP contribution in [-0.4, -0.2) is 249 Å². The molecule has 13 amide bonds. The van der Waals surface area contributed by atoms with Gasteiger partial charge in [0.1, 0.15) is 54.9 Å². The number of nitrogens with one attached hydrogen (secondary N) is 10. The highest BCUT2D eigenvalue weighted by Gasteiger charge is 2.38. The number of likely N-dealkylation sites (N-methyl/N-ethyl adjacent to an activating group) is 1. The molecule has 0 radical (unpaired) electrons. The van der Waals surface area contributed by atoms with Crippen LogP contribution in [0.1, 0.15) is 104 Å². The summed E-state index contributed by atoms with van der Waals surface area (Å²) in [4.78, 5) is 231. The van der Waals surface area contributed by atoms with E-state index in [1.165, 1.54) is 23.7 Å². The van der Waals surface area contributed by atoms with E-state index in [0.717, 1.165) is 12.2 Å². The van der Waals surface area contributed by atoms with E-state index in [-0.39, 0.29) is 44.2 Å². The van der Waals surface area contributed by atoms with Crippen LogP contribution in [0.5, 0.6) is 0 Å². The minimum absolute atomic E-state index is 0.111.